The van der Waals surface area contributed by atoms with E-state index < -0.39 is 0 Å². The molecule has 92 valence electrons. The molecule has 0 aliphatic heterocycles. The molecule has 0 saturated carbocycles. The summed E-state index contributed by atoms with van der Waals surface area (Å²) in [5.41, 5.74) is 6.53. The molecule has 1 amide bonds. The van der Waals surface area contributed by atoms with Crippen molar-refractivity contribution in [3.63, 3.8) is 0 Å². The molecule has 4 nitrogen and oxygen atoms in total. The van der Waals surface area contributed by atoms with Crippen LogP contribution in [0.5, 0.6) is 0 Å². The van der Waals surface area contributed by atoms with Crippen molar-refractivity contribution in [3.8, 4) is 0 Å². The zero-order valence-electron chi connectivity index (χ0n) is 10.3. The van der Waals surface area contributed by atoms with E-state index in [1.54, 1.807) is 12.1 Å². The van der Waals surface area contributed by atoms with Crippen molar-refractivity contribution in [1.29, 1.82) is 0 Å². The minimum absolute atomic E-state index is 0.0500. The summed E-state index contributed by atoms with van der Waals surface area (Å²) in [7, 11) is 0. The molecule has 0 fully saturated rings. The van der Waals surface area contributed by atoms with E-state index in [-0.39, 0.29) is 16.3 Å². The minimum Gasteiger partial charge on any atom is -0.389 e. The minimum atomic E-state index is -0.186. The number of amides is 1. The van der Waals surface area contributed by atoms with E-state index >= 15 is 0 Å². The predicted molar refractivity (Wildman–Crippen MR) is 71.9 cm³/mol. The first-order chi connectivity index (χ1) is 7.79. The van der Waals surface area contributed by atoms with Crippen LogP contribution in [0.1, 0.15) is 36.8 Å². The Morgan fingerprint density at radius 1 is 1.47 bits per heavy atom. The number of rotatable bonds is 3. The molecule has 0 spiro atoms. The molecule has 5 heteroatoms. The molecule has 0 radical (unpaired) electrons. The summed E-state index contributed by atoms with van der Waals surface area (Å²) < 4.78 is 0. The van der Waals surface area contributed by atoms with Crippen LogP contribution >= 0.6 is 12.2 Å². The van der Waals surface area contributed by atoms with Crippen molar-refractivity contribution in [2.45, 2.75) is 20.8 Å². The molecule has 0 aliphatic carbocycles. The summed E-state index contributed by atoms with van der Waals surface area (Å²) in [5, 5.41) is 2.82. The first-order valence-corrected chi connectivity index (χ1v) is 5.74. The Balaban J connectivity index is 2.67. The lowest BCUT2D eigenvalue weighted by Crippen LogP contribution is -2.32. The number of nitrogens with zero attached hydrogens (tertiary/aromatic N) is 1. The number of aromatic nitrogens is 1. The third-order valence-corrected chi connectivity index (χ3v) is 2.30. The standard InChI is InChI=1S/C12H17N3OS/c1-12(2,3)7-15-11(16)9-5-4-8(6-14-9)10(13)17/h4-6H,7H2,1-3H3,(H2,13,17)(H,15,16). The van der Waals surface area contributed by atoms with E-state index in [4.69, 9.17) is 18.0 Å². The number of hydrogen-bond acceptors (Lipinski definition) is 3. The van der Waals surface area contributed by atoms with E-state index in [1.165, 1.54) is 6.20 Å². The fourth-order valence-corrected chi connectivity index (χ4v) is 1.23. The van der Waals surface area contributed by atoms with Crippen LogP contribution in [0.25, 0.3) is 0 Å². The molecule has 3 N–H and O–H groups in total. The van der Waals surface area contributed by atoms with Gasteiger partial charge in [-0.25, -0.2) is 0 Å². The van der Waals surface area contributed by atoms with Crippen LogP contribution in [0.3, 0.4) is 0 Å². The average Bonchev–Trinajstić information content (AvgIpc) is 2.25. The monoisotopic (exact) mass is 251 g/mol. The average molecular weight is 251 g/mol. The molecule has 1 heterocycles. The van der Waals surface area contributed by atoms with Gasteiger partial charge in [0.15, 0.2) is 0 Å². The predicted octanol–water partition coefficient (Wildman–Crippen LogP) is 1.49. The summed E-state index contributed by atoms with van der Waals surface area (Å²) in [6, 6.07) is 3.31. The highest BCUT2D eigenvalue weighted by molar-refractivity contribution is 7.80. The molecule has 0 aliphatic rings. The van der Waals surface area contributed by atoms with Gasteiger partial charge in [0, 0.05) is 18.3 Å². The van der Waals surface area contributed by atoms with Crippen molar-refractivity contribution < 1.29 is 4.79 Å². The first-order valence-electron chi connectivity index (χ1n) is 5.34. The van der Waals surface area contributed by atoms with Crippen LogP contribution in [0.4, 0.5) is 0 Å². The van der Waals surface area contributed by atoms with Gasteiger partial charge in [0.1, 0.15) is 10.7 Å². The van der Waals surface area contributed by atoms with E-state index in [1.807, 2.05) is 0 Å². The molecule has 1 aromatic rings. The summed E-state index contributed by atoms with van der Waals surface area (Å²) in [4.78, 5) is 16.0. The first kappa shape index (κ1) is 13.6. The molecule has 0 aromatic carbocycles. The SMILES string of the molecule is CC(C)(C)CNC(=O)c1ccc(C(N)=S)cn1. The number of thiocarbonyl (C=S) groups is 1. The topological polar surface area (TPSA) is 68.0 Å². The number of nitrogens with one attached hydrogen (secondary N) is 1. The van der Waals surface area contributed by atoms with Gasteiger partial charge in [-0.3, -0.25) is 9.78 Å². The van der Waals surface area contributed by atoms with Gasteiger partial charge < -0.3 is 11.1 Å². The highest BCUT2D eigenvalue weighted by atomic mass is 32.1. The normalized spacial score (nSPS) is 11.0. The van der Waals surface area contributed by atoms with Gasteiger partial charge in [-0.1, -0.05) is 33.0 Å². The molecule has 0 unspecified atom stereocenters. The van der Waals surface area contributed by atoms with Crippen molar-refractivity contribution in [2.75, 3.05) is 6.54 Å². The second-order valence-corrected chi connectivity index (χ2v) is 5.48. The molecule has 0 bridgehead atoms. The van der Waals surface area contributed by atoms with Crippen molar-refractivity contribution in [2.24, 2.45) is 11.1 Å². The highest BCUT2D eigenvalue weighted by Crippen LogP contribution is 2.10. The van der Waals surface area contributed by atoms with E-state index in [0.29, 0.717) is 17.8 Å². The maximum Gasteiger partial charge on any atom is 0.269 e. The number of nitrogens with two attached hydrogens (primary N) is 1. The lowest BCUT2D eigenvalue weighted by molar-refractivity contribution is 0.0934. The number of pyridine rings is 1. The molecule has 17 heavy (non-hydrogen) atoms. The molecular weight excluding hydrogens is 234 g/mol. The second kappa shape index (κ2) is 5.23. The van der Waals surface area contributed by atoms with Gasteiger partial charge >= 0.3 is 0 Å². The third-order valence-electron chi connectivity index (χ3n) is 2.06. The van der Waals surface area contributed by atoms with Crippen molar-refractivity contribution >= 4 is 23.1 Å². The van der Waals surface area contributed by atoms with Crippen LogP contribution in [0, 0.1) is 5.41 Å². The van der Waals surface area contributed by atoms with Gasteiger partial charge in [-0.05, 0) is 17.5 Å². The van der Waals surface area contributed by atoms with Crippen LogP contribution in [-0.4, -0.2) is 22.4 Å². The molecule has 0 saturated heterocycles. The summed E-state index contributed by atoms with van der Waals surface area (Å²) >= 11 is 4.81. The lowest BCUT2D eigenvalue weighted by atomic mass is 9.97. The van der Waals surface area contributed by atoms with E-state index in [9.17, 15) is 4.79 Å². The van der Waals surface area contributed by atoms with E-state index in [2.05, 4.69) is 31.1 Å². The lowest BCUT2D eigenvalue weighted by Gasteiger charge is -2.18. The van der Waals surface area contributed by atoms with Crippen LogP contribution in [0.15, 0.2) is 18.3 Å². The summed E-state index contributed by atoms with van der Waals surface area (Å²) in [6.07, 6.45) is 1.51. The van der Waals surface area contributed by atoms with Crippen LogP contribution in [-0.2, 0) is 0 Å². The Labute approximate surface area is 107 Å². The molecule has 0 atom stereocenters. The Bertz CT molecular complexity index is 420. The quantitative estimate of drug-likeness (QED) is 0.799. The van der Waals surface area contributed by atoms with Crippen molar-refractivity contribution in [1.82, 2.24) is 10.3 Å². The smallest absolute Gasteiger partial charge is 0.269 e. The largest absolute Gasteiger partial charge is 0.389 e. The Morgan fingerprint density at radius 2 is 2.12 bits per heavy atom. The molecular formula is C12H17N3OS. The van der Waals surface area contributed by atoms with Crippen LogP contribution in [0.2, 0.25) is 0 Å². The fourth-order valence-electron chi connectivity index (χ4n) is 1.11. The number of hydrogen-bond donors (Lipinski definition) is 2. The Kier molecular flexibility index (Phi) is 4.17. The van der Waals surface area contributed by atoms with Gasteiger partial charge in [0.2, 0.25) is 0 Å². The Hall–Kier alpha value is -1.49. The maximum atomic E-state index is 11.7. The number of carbonyl (C=O) groups is 1. The van der Waals surface area contributed by atoms with Gasteiger partial charge in [0.05, 0.1) is 0 Å². The van der Waals surface area contributed by atoms with E-state index in [0.717, 1.165) is 0 Å². The molecule has 1 rings (SSSR count). The molecule has 1 aromatic heterocycles. The Morgan fingerprint density at radius 3 is 2.53 bits per heavy atom. The highest BCUT2D eigenvalue weighted by Gasteiger charge is 2.13. The van der Waals surface area contributed by atoms with Gasteiger partial charge in [-0.2, -0.15) is 0 Å². The maximum absolute atomic E-state index is 11.7. The van der Waals surface area contributed by atoms with Crippen molar-refractivity contribution in [3.05, 3.63) is 29.6 Å². The number of carbonyl (C=O) groups excluding carboxylic acids is 1. The summed E-state index contributed by atoms with van der Waals surface area (Å²) in [5.74, 6) is -0.186. The van der Waals surface area contributed by atoms with Gasteiger partial charge in [0.25, 0.3) is 5.91 Å². The second-order valence-electron chi connectivity index (χ2n) is 5.04. The van der Waals surface area contributed by atoms with Crippen LogP contribution < -0.4 is 11.1 Å². The zero-order chi connectivity index (χ0) is 13.1. The van der Waals surface area contributed by atoms with Gasteiger partial charge in [-0.15, -0.1) is 0 Å². The zero-order valence-corrected chi connectivity index (χ0v) is 11.1. The third kappa shape index (κ3) is 4.48. The fraction of sp³-hybridized carbons (Fsp3) is 0.417. The summed E-state index contributed by atoms with van der Waals surface area (Å²) in [6.45, 7) is 6.76.